The van der Waals surface area contributed by atoms with Crippen molar-refractivity contribution in [1.82, 2.24) is 4.98 Å². The minimum atomic E-state index is 0.0323. The van der Waals surface area contributed by atoms with E-state index in [1.54, 1.807) is 6.07 Å². The second-order valence-electron chi connectivity index (χ2n) is 4.97. The van der Waals surface area contributed by atoms with Crippen LogP contribution in [0.2, 0.25) is 0 Å². The fourth-order valence-electron chi connectivity index (χ4n) is 2.48. The van der Waals surface area contributed by atoms with Crippen molar-refractivity contribution in [3.05, 3.63) is 23.9 Å². The first-order valence-electron chi connectivity index (χ1n) is 6.16. The van der Waals surface area contributed by atoms with Crippen molar-refractivity contribution < 1.29 is 0 Å². The minimum absolute atomic E-state index is 0.0323. The average Bonchev–Trinajstić information content (AvgIpc) is 2.29. The van der Waals surface area contributed by atoms with E-state index in [2.05, 4.69) is 23.7 Å². The van der Waals surface area contributed by atoms with E-state index in [0.717, 1.165) is 18.3 Å². The maximum atomic E-state index is 7.43. The fourth-order valence-corrected chi connectivity index (χ4v) is 2.48. The molecule has 0 saturated carbocycles. The molecule has 0 aromatic carbocycles. The normalized spacial score (nSPS) is 24.7. The molecule has 1 saturated heterocycles. The third-order valence-corrected chi connectivity index (χ3v) is 3.44. The molecule has 92 valence electrons. The van der Waals surface area contributed by atoms with Gasteiger partial charge in [-0.25, -0.2) is 4.98 Å². The predicted octanol–water partition coefficient (Wildman–Crippen LogP) is 1.99. The highest BCUT2D eigenvalue weighted by Gasteiger charge is 2.23. The summed E-state index contributed by atoms with van der Waals surface area (Å²) in [4.78, 5) is 6.76. The molecule has 0 bridgehead atoms. The third-order valence-electron chi connectivity index (χ3n) is 3.44. The molecule has 4 heteroatoms. The van der Waals surface area contributed by atoms with Gasteiger partial charge in [-0.15, -0.1) is 0 Å². The third kappa shape index (κ3) is 2.57. The molecule has 1 aliphatic rings. The van der Waals surface area contributed by atoms with Gasteiger partial charge in [-0.3, -0.25) is 5.41 Å². The van der Waals surface area contributed by atoms with Crippen molar-refractivity contribution in [1.29, 1.82) is 5.41 Å². The SMILES string of the molecule is CC1CCN(c2cccc(C(=N)N)n2)C(C)C1. The van der Waals surface area contributed by atoms with E-state index in [1.807, 2.05) is 12.1 Å². The molecule has 1 aliphatic heterocycles. The molecular weight excluding hydrogens is 212 g/mol. The Balaban J connectivity index is 2.22. The molecule has 17 heavy (non-hydrogen) atoms. The van der Waals surface area contributed by atoms with Gasteiger partial charge in [0, 0.05) is 12.6 Å². The monoisotopic (exact) mass is 232 g/mol. The zero-order valence-electron chi connectivity index (χ0n) is 10.5. The molecule has 1 aromatic heterocycles. The fraction of sp³-hybridized carbons (Fsp3) is 0.538. The molecule has 2 atom stereocenters. The molecule has 2 heterocycles. The second kappa shape index (κ2) is 4.73. The van der Waals surface area contributed by atoms with Crippen LogP contribution in [0.4, 0.5) is 5.82 Å². The summed E-state index contributed by atoms with van der Waals surface area (Å²) in [5.74, 6) is 1.76. The van der Waals surface area contributed by atoms with Gasteiger partial charge in [0.1, 0.15) is 17.3 Å². The van der Waals surface area contributed by atoms with E-state index in [4.69, 9.17) is 11.1 Å². The Morgan fingerprint density at radius 2 is 2.24 bits per heavy atom. The van der Waals surface area contributed by atoms with Gasteiger partial charge in [0.25, 0.3) is 0 Å². The van der Waals surface area contributed by atoms with Crippen molar-refractivity contribution in [2.45, 2.75) is 32.7 Å². The predicted molar refractivity (Wildman–Crippen MR) is 70.5 cm³/mol. The number of nitrogens with zero attached hydrogens (tertiary/aromatic N) is 2. The quantitative estimate of drug-likeness (QED) is 0.605. The summed E-state index contributed by atoms with van der Waals surface area (Å²) in [6, 6.07) is 6.21. The van der Waals surface area contributed by atoms with Crippen LogP contribution in [-0.4, -0.2) is 23.4 Å². The number of hydrogen-bond donors (Lipinski definition) is 2. The van der Waals surface area contributed by atoms with Gasteiger partial charge >= 0.3 is 0 Å². The molecule has 2 rings (SSSR count). The number of nitrogen functional groups attached to an aromatic ring is 1. The minimum Gasteiger partial charge on any atom is -0.382 e. The van der Waals surface area contributed by atoms with Crippen LogP contribution in [0.15, 0.2) is 18.2 Å². The Kier molecular flexibility index (Phi) is 3.31. The van der Waals surface area contributed by atoms with Crippen LogP contribution in [-0.2, 0) is 0 Å². The maximum Gasteiger partial charge on any atom is 0.141 e. The van der Waals surface area contributed by atoms with Gasteiger partial charge in [-0.1, -0.05) is 13.0 Å². The van der Waals surface area contributed by atoms with Gasteiger partial charge in [-0.05, 0) is 37.8 Å². The summed E-state index contributed by atoms with van der Waals surface area (Å²) >= 11 is 0. The van der Waals surface area contributed by atoms with E-state index in [9.17, 15) is 0 Å². The molecule has 2 unspecified atom stereocenters. The smallest absolute Gasteiger partial charge is 0.141 e. The van der Waals surface area contributed by atoms with Crippen molar-refractivity contribution in [2.24, 2.45) is 11.7 Å². The number of nitrogens with two attached hydrogens (primary N) is 1. The zero-order chi connectivity index (χ0) is 12.4. The first-order valence-corrected chi connectivity index (χ1v) is 6.16. The van der Waals surface area contributed by atoms with Crippen LogP contribution >= 0.6 is 0 Å². The van der Waals surface area contributed by atoms with Crippen LogP contribution in [0.25, 0.3) is 0 Å². The van der Waals surface area contributed by atoms with E-state index in [1.165, 1.54) is 12.8 Å². The van der Waals surface area contributed by atoms with Crippen molar-refractivity contribution in [3.8, 4) is 0 Å². The molecule has 1 fully saturated rings. The van der Waals surface area contributed by atoms with E-state index < -0.39 is 0 Å². The molecule has 0 amide bonds. The number of piperidine rings is 1. The lowest BCUT2D eigenvalue weighted by Crippen LogP contribution is -2.40. The van der Waals surface area contributed by atoms with Crippen molar-refractivity contribution in [2.75, 3.05) is 11.4 Å². The zero-order valence-corrected chi connectivity index (χ0v) is 10.5. The highest BCUT2D eigenvalue weighted by Crippen LogP contribution is 2.26. The van der Waals surface area contributed by atoms with Crippen LogP contribution in [0.1, 0.15) is 32.4 Å². The van der Waals surface area contributed by atoms with Gasteiger partial charge < -0.3 is 10.6 Å². The Labute approximate surface area is 102 Å². The standard InChI is InChI=1S/C13H20N4/c1-9-6-7-17(10(2)8-9)12-5-3-4-11(16-12)13(14)15/h3-5,9-10H,6-8H2,1-2H3,(H3,14,15). The van der Waals surface area contributed by atoms with Gasteiger partial charge in [0.2, 0.25) is 0 Å². The first-order chi connectivity index (χ1) is 8.08. The van der Waals surface area contributed by atoms with Gasteiger partial charge in [0.05, 0.1) is 0 Å². The molecular formula is C13H20N4. The van der Waals surface area contributed by atoms with Gasteiger partial charge in [-0.2, -0.15) is 0 Å². The maximum absolute atomic E-state index is 7.43. The summed E-state index contributed by atoms with van der Waals surface area (Å²) in [6.07, 6.45) is 2.41. The molecule has 0 spiro atoms. The molecule has 0 radical (unpaired) electrons. The Morgan fingerprint density at radius 1 is 1.47 bits per heavy atom. The van der Waals surface area contributed by atoms with E-state index in [-0.39, 0.29) is 5.84 Å². The molecule has 3 N–H and O–H groups in total. The largest absolute Gasteiger partial charge is 0.382 e. The number of amidine groups is 1. The number of hydrogen-bond acceptors (Lipinski definition) is 3. The Morgan fingerprint density at radius 3 is 2.88 bits per heavy atom. The summed E-state index contributed by atoms with van der Waals surface area (Å²) in [5, 5.41) is 7.43. The lowest BCUT2D eigenvalue weighted by molar-refractivity contribution is 0.376. The number of rotatable bonds is 2. The van der Waals surface area contributed by atoms with Crippen molar-refractivity contribution in [3.63, 3.8) is 0 Å². The number of aromatic nitrogens is 1. The second-order valence-corrected chi connectivity index (χ2v) is 4.97. The topological polar surface area (TPSA) is 66.0 Å². The molecule has 4 nitrogen and oxygen atoms in total. The summed E-state index contributed by atoms with van der Waals surface area (Å²) in [5.41, 5.74) is 6.03. The lowest BCUT2D eigenvalue weighted by Gasteiger charge is -2.37. The van der Waals surface area contributed by atoms with Crippen molar-refractivity contribution >= 4 is 11.7 Å². The first kappa shape index (κ1) is 11.9. The van der Waals surface area contributed by atoms with Crippen LogP contribution in [0.3, 0.4) is 0 Å². The average molecular weight is 232 g/mol. The van der Waals surface area contributed by atoms with Gasteiger partial charge in [0.15, 0.2) is 0 Å². The summed E-state index contributed by atoms with van der Waals surface area (Å²) in [6.45, 7) is 5.57. The molecule has 0 aliphatic carbocycles. The van der Waals surface area contributed by atoms with Crippen LogP contribution in [0.5, 0.6) is 0 Å². The Hall–Kier alpha value is -1.58. The number of nitrogens with one attached hydrogen (secondary N) is 1. The summed E-state index contributed by atoms with van der Waals surface area (Å²) < 4.78 is 0. The lowest BCUT2D eigenvalue weighted by atomic mass is 9.93. The van der Waals surface area contributed by atoms with E-state index >= 15 is 0 Å². The highest BCUT2D eigenvalue weighted by molar-refractivity contribution is 5.93. The van der Waals surface area contributed by atoms with Crippen LogP contribution < -0.4 is 10.6 Å². The van der Waals surface area contributed by atoms with Crippen LogP contribution in [0, 0.1) is 11.3 Å². The summed E-state index contributed by atoms with van der Waals surface area (Å²) in [7, 11) is 0. The molecule has 1 aromatic rings. The van der Waals surface area contributed by atoms with E-state index in [0.29, 0.717) is 11.7 Å². The number of anilines is 1. The highest BCUT2D eigenvalue weighted by atomic mass is 15.2. The Bertz CT molecular complexity index is 416. The number of pyridine rings is 1.